The Balaban J connectivity index is 1.19. The Morgan fingerprint density at radius 1 is 0.553 bits per heavy atom. The van der Waals surface area contributed by atoms with E-state index in [-0.39, 0.29) is 83.2 Å². The molecule has 44 heteroatoms. The Bertz CT molecular complexity index is 4960. The molecule has 132 heavy (non-hydrogen) atoms. The standard InChI is InChI=1S/C88H126FN23O19S/c1-9-11-24-67-80(124)100-58(23-17-31-95-88(93)94)76(120)107-66(75(119)98-42-72(92)116)45-132-46-73(117)99-61(34-49-27-29-52(89)30-28-49)83(127)108(6)48(5)74(118)102-63(38-71(91)115)85(129)111-32-18-26-68(111)81(125)105-64(39-90)78(122)103-60(33-47(3)4)86(130)112-43-53(114)37-70(112)82(126)101-59(35-50-40-96-56-21-15-13-19-54(50)56)77(121)106-65(44-113)79(123)104-62(36-51-41-97-57-22-16-14-20-55(51)57)84(128)110(8)69(25-12-10-2)87(131)109(67)7/h13-16,19-22,27-30,40-41,47-48,53,58-70,96-97,113-114H,9-12,17-18,23-26,31-39,42-46,90H2,1-8H3,(H2,91,115)(H2,92,116)(H,98,119)(H,99,117)(H,100,124)(H,101,126)(H,102,118)(H,103,122)(H,104,123)(H,105,125)(H,106,121)(H,107,120)(H4,93,94,95)/t48-,53+,58-,59-,60-,61-,62-,63-,64-,65-,66-,67-,68-,69-,70?/m0/s1. The number of halogens is 1. The molecule has 24 N–H and O–H groups in total. The number of primary amides is 2. The van der Waals surface area contributed by atoms with E-state index < -0.39 is 253 Å². The summed E-state index contributed by atoms with van der Waals surface area (Å²) in [6.07, 6.45) is 1.13. The molecule has 5 heterocycles. The van der Waals surface area contributed by atoms with Gasteiger partial charge in [-0.1, -0.05) is 102 Å². The van der Waals surface area contributed by atoms with Crippen molar-refractivity contribution >= 4 is 140 Å². The minimum absolute atomic E-state index is 0.0154. The lowest BCUT2D eigenvalue weighted by Crippen LogP contribution is -2.62. The van der Waals surface area contributed by atoms with Crippen LogP contribution in [0.15, 0.2) is 85.2 Å². The van der Waals surface area contributed by atoms with Gasteiger partial charge in [-0.25, -0.2) is 4.39 Å². The molecule has 3 saturated heterocycles. The summed E-state index contributed by atoms with van der Waals surface area (Å²) in [6, 6.07) is -3.14. The van der Waals surface area contributed by atoms with Gasteiger partial charge in [0.1, 0.15) is 90.4 Å². The lowest BCUT2D eigenvalue weighted by Gasteiger charge is -2.36. The molecule has 0 spiro atoms. The van der Waals surface area contributed by atoms with E-state index in [4.69, 9.17) is 28.3 Å². The van der Waals surface area contributed by atoms with Gasteiger partial charge in [-0.15, -0.1) is 11.8 Å². The fourth-order valence-electron chi connectivity index (χ4n) is 16.2. The van der Waals surface area contributed by atoms with Gasteiger partial charge in [0.2, 0.25) is 100 Å². The van der Waals surface area contributed by atoms with E-state index in [1.54, 1.807) is 74.8 Å². The number of hydrogen-bond acceptors (Lipinski definition) is 22. The number of fused-ring (bicyclic) bond motifs is 4. The summed E-state index contributed by atoms with van der Waals surface area (Å²) >= 11 is 0.742. The van der Waals surface area contributed by atoms with Gasteiger partial charge in [0, 0.05) is 113 Å². The second-order valence-corrected chi connectivity index (χ2v) is 34.9. The van der Waals surface area contributed by atoms with Crippen molar-refractivity contribution in [3.05, 3.63) is 108 Å². The van der Waals surface area contributed by atoms with Crippen LogP contribution in [0.4, 0.5) is 4.39 Å². The zero-order chi connectivity index (χ0) is 96.9. The number of likely N-dealkylation sites (N-methyl/N-ethyl adjacent to an activating group) is 3. The molecule has 3 aromatic carbocycles. The third-order valence-corrected chi connectivity index (χ3v) is 24.6. The van der Waals surface area contributed by atoms with Gasteiger partial charge in [-0.2, -0.15) is 0 Å². The number of aliphatic hydroxyl groups excluding tert-OH is 2. The number of aromatic nitrogens is 2. The molecule has 42 nitrogen and oxygen atoms in total. The smallest absolute Gasteiger partial charge is 0.246 e. The molecule has 1 unspecified atom stereocenters. The van der Waals surface area contributed by atoms with Crippen molar-refractivity contribution in [1.29, 1.82) is 5.41 Å². The first-order valence-electron chi connectivity index (χ1n) is 44.2. The van der Waals surface area contributed by atoms with E-state index in [0.717, 1.165) is 48.4 Å². The van der Waals surface area contributed by atoms with Gasteiger partial charge < -0.3 is 126 Å². The zero-order valence-electron chi connectivity index (χ0n) is 75.5. The van der Waals surface area contributed by atoms with Crippen molar-refractivity contribution in [2.75, 3.05) is 72.0 Å². The van der Waals surface area contributed by atoms with Crippen LogP contribution < -0.4 is 81.4 Å². The number of aliphatic hydroxyl groups is 2. The summed E-state index contributed by atoms with van der Waals surface area (Å²) in [7, 11) is 3.86. The van der Waals surface area contributed by atoms with Gasteiger partial charge in [-0.3, -0.25) is 86.9 Å². The lowest BCUT2D eigenvalue weighted by molar-refractivity contribution is -0.149. The Kier molecular flexibility index (Phi) is 39.6. The highest BCUT2D eigenvalue weighted by Gasteiger charge is 2.47. The van der Waals surface area contributed by atoms with Crippen molar-refractivity contribution in [1.82, 2.24) is 93.0 Å². The molecule has 3 aliphatic rings. The maximum Gasteiger partial charge on any atom is 0.246 e. The summed E-state index contributed by atoms with van der Waals surface area (Å²) in [5.74, 6) is -18.9. The number of unbranched alkanes of at least 4 members (excludes halogenated alkanes) is 2. The third kappa shape index (κ3) is 29.1. The van der Waals surface area contributed by atoms with E-state index in [1.807, 2.05) is 13.8 Å². The number of thioether (sulfide) groups is 1. The maximum absolute atomic E-state index is 15.7. The third-order valence-electron chi connectivity index (χ3n) is 23.6. The normalized spacial score (nSPS) is 25.1. The van der Waals surface area contributed by atoms with Crippen molar-refractivity contribution in [3.63, 3.8) is 0 Å². The fraction of sp³-hybridized carbons (Fsp3) is 0.545. The molecule has 2 aromatic heterocycles. The number of carbonyl (C=O) groups is 17. The molecule has 5 aromatic rings. The van der Waals surface area contributed by atoms with E-state index in [2.05, 4.69) is 68.5 Å². The minimum atomic E-state index is -1.89. The molecule has 0 saturated carbocycles. The SMILES string of the molecule is CCCC[C@H]1C(=O)N(C)[C@@H](CCCC)C(=O)N[C@@H](CCCNC(=N)N)C(=O)N[C@H](C(=O)NCC(N)=O)CSCC(=O)N[C@@H](Cc2ccc(F)cc2)C(=O)N(C)[C@@H](C)C(=O)N[C@@H](CC(N)=O)C(=O)N2CCC[C@H]2C(=O)N[C@@H](CN)C(=O)N[C@@H](CC(C)C)C(=O)N2C[C@H](O)CC2C(=O)N[C@@H](Cc2c[nH]c3ccccc23)C(=O)N[C@@H](CO)C(=O)N[C@@H](Cc2c[nH]c3ccccc23)C(=O)N1C. The summed E-state index contributed by atoms with van der Waals surface area (Å²) in [5.41, 5.74) is 25.4. The average Bonchev–Trinajstić information content (AvgIpc) is 1.60. The second-order valence-electron chi connectivity index (χ2n) is 33.9. The van der Waals surface area contributed by atoms with Crippen LogP contribution in [-0.2, 0) is 101 Å². The Hall–Kier alpha value is -12.8. The van der Waals surface area contributed by atoms with Crippen molar-refractivity contribution in [2.24, 2.45) is 28.9 Å². The highest BCUT2D eigenvalue weighted by molar-refractivity contribution is 8.00. The second kappa shape index (κ2) is 50.0. The summed E-state index contributed by atoms with van der Waals surface area (Å²) in [5, 5.41) is 60.2. The van der Waals surface area contributed by atoms with Crippen molar-refractivity contribution < 1.29 is 96.1 Å². The average molecular weight is 1860 g/mol. The van der Waals surface area contributed by atoms with Crippen LogP contribution in [0.5, 0.6) is 0 Å². The molecule has 15 atom stereocenters. The predicted octanol–water partition coefficient (Wildman–Crippen LogP) is -3.50. The lowest BCUT2D eigenvalue weighted by atomic mass is 10.00. The molecule has 720 valence electrons. The zero-order valence-corrected chi connectivity index (χ0v) is 76.3. The molecule has 17 amide bonds. The number of carbonyl (C=O) groups excluding carboxylic acids is 17. The Labute approximate surface area is 767 Å². The monoisotopic (exact) mass is 1860 g/mol. The van der Waals surface area contributed by atoms with Crippen molar-refractivity contribution in [2.45, 2.75) is 228 Å². The highest BCUT2D eigenvalue weighted by Crippen LogP contribution is 2.28. The first kappa shape index (κ1) is 105. The summed E-state index contributed by atoms with van der Waals surface area (Å²) in [6.45, 7) is 5.32. The predicted molar refractivity (Wildman–Crippen MR) is 485 cm³/mol. The summed E-state index contributed by atoms with van der Waals surface area (Å²) < 4.78 is 14.4. The molecule has 0 bridgehead atoms. The van der Waals surface area contributed by atoms with E-state index in [0.29, 0.717) is 64.2 Å². The van der Waals surface area contributed by atoms with Gasteiger partial charge in [0.25, 0.3) is 0 Å². The first-order valence-corrected chi connectivity index (χ1v) is 45.4. The highest BCUT2D eigenvalue weighted by atomic mass is 32.2. The van der Waals surface area contributed by atoms with E-state index in [1.165, 1.54) is 40.2 Å². The van der Waals surface area contributed by atoms with Gasteiger partial charge in [-0.05, 0) is 98.7 Å². The van der Waals surface area contributed by atoms with Gasteiger partial charge in [0.15, 0.2) is 5.96 Å². The Morgan fingerprint density at radius 3 is 1.67 bits per heavy atom. The molecular formula is C88H126FN23O19S. The molecule has 8 rings (SSSR count). The first-order chi connectivity index (χ1) is 62.8. The molecule has 0 radical (unpaired) electrons. The van der Waals surface area contributed by atoms with Crippen LogP contribution in [0.2, 0.25) is 0 Å². The fourth-order valence-corrected chi connectivity index (χ4v) is 17.0. The number of guanidine groups is 1. The molecule has 3 aliphatic heterocycles. The molecule has 0 aliphatic carbocycles. The Morgan fingerprint density at radius 2 is 1.08 bits per heavy atom. The molecule has 3 fully saturated rings. The largest absolute Gasteiger partial charge is 0.394 e. The van der Waals surface area contributed by atoms with Crippen LogP contribution in [0, 0.1) is 17.1 Å². The number of rotatable bonds is 25. The number of aromatic amines is 2. The van der Waals surface area contributed by atoms with Crippen LogP contribution in [0.25, 0.3) is 21.8 Å². The van der Waals surface area contributed by atoms with Crippen LogP contribution in [-0.4, -0.2) is 314 Å². The number of benzene rings is 3. The van der Waals surface area contributed by atoms with Crippen LogP contribution in [0.3, 0.4) is 0 Å². The number of nitrogens with one attached hydrogen (secondary N) is 14. The van der Waals surface area contributed by atoms with E-state index in [9.17, 15) is 62.5 Å². The number of H-pyrrole nitrogens is 2. The summed E-state index contributed by atoms with van der Waals surface area (Å²) in [4.78, 5) is 260. The van der Waals surface area contributed by atoms with Crippen molar-refractivity contribution in [3.8, 4) is 0 Å². The molecular weight excluding hydrogens is 1730 g/mol. The number of nitrogens with zero attached hydrogens (tertiary/aromatic N) is 5. The quantitative estimate of drug-likeness (QED) is 0.0153. The number of nitrogens with two attached hydrogens (primary N) is 4. The van der Waals surface area contributed by atoms with E-state index >= 15 is 33.6 Å². The van der Waals surface area contributed by atoms with Gasteiger partial charge >= 0.3 is 0 Å². The number of para-hydroxylation sites is 2. The van der Waals surface area contributed by atoms with Crippen LogP contribution >= 0.6 is 11.8 Å². The van der Waals surface area contributed by atoms with Crippen LogP contribution in [0.1, 0.15) is 135 Å². The number of hydrogen-bond donors (Lipinski definition) is 20. The van der Waals surface area contributed by atoms with Gasteiger partial charge in [0.05, 0.1) is 31.4 Å². The minimum Gasteiger partial charge on any atom is -0.394 e. The topological polar surface area (TPSA) is 639 Å². The maximum atomic E-state index is 15.7. The number of amides is 17.